The summed E-state index contributed by atoms with van der Waals surface area (Å²) in [7, 11) is 0. The lowest BCUT2D eigenvalue weighted by Crippen LogP contribution is -1.69. The highest BCUT2D eigenvalue weighted by Gasteiger charge is 1.57. The molecule has 0 atom stereocenters. The second kappa shape index (κ2) is 69.9. The zero-order valence-electron chi connectivity index (χ0n) is 9.72. The van der Waals surface area contributed by atoms with Gasteiger partial charge in [-0.1, -0.05) is 41.5 Å². The predicted molar refractivity (Wildman–Crippen MR) is 57.4 cm³/mol. The van der Waals surface area contributed by atoms with Gasteiger partial charge in [0.05, 0.1) is 0 Å². The van der Waals surface area contributed by atoms with Crippen molar-refractivity contribution in [3.05, 3.63) is 0 Å². The summed E-state index contributed by atoms with van der Waals surface area (Å²) in [4.78, 5) is 0. The summed E-state index contributed by atoms with van der Waals surface area (Å²) in [5.41, 5.74) is 0. The van der Waals surface area contributed by atoms with E-state index in [0.29, 0.717) is 13.2 Å². The first-order valence-corrected chi connectivity index (χ1v) is 5.05. The molecule has 0 radical (unpaired) electrons. The molecule has 0 aliphatic rings. The van der Waals surface area contributed by atoms with Crippen LogP contribution in [0.25, 0.3) is 0 Å². The summed E-state index contributed by atoms with van der Waals surface area (Å²) in [5.74, 6) is 0. The van der Waals surface area contributed by atoms with Crippen LogP contribution < -0.4 is 0 Å². The maximum Gasteiger partial charge on any atom is 0.0428 e. The molecule has 0 aliphatic carbocycles. The van der Waals surface area contributed by atoms with E-state index in [1.807, 2.05) is 41.5 Å². The highest BCUT2D eigenvalue weighted by atomic mass is 16.3. The maximum atomic E-state index is 7.88. The summed E-state index contributed by atoms with van der Waals surface area (Å²) in [5, 5.41) is 15.8. The lowest BCUT2D eigenvalue weighted by Gasteiger charge is -1.69. The van der Waals surface area contributed by atoms with Crippen LogP contribution >= 0.6 is 0 Å². The first-order chi connectivity index (χ1) is 5.83. The monoisotopic (exact) mass is 180 g/mol. The van der Waals surface area contributed by atoms with Crippen molar-refractivity contribution in [1.29, 1.82) is 0 Å². The molecule has 0 amide bonds. The molecule has 0 aromatic heterocycles. The lowest BCUT2D eigenvalue weighted by atomic mass is 10.5. The van der Waals surface area contributed by atoms with E-state index in [0.717, 1.165) is 12.8 Å². The molecule has 0 heterocycles. The van der Waals surface area contributed by atoms with Gasteiger partial charge in [0.25, 0.3) is 0 Å². The minimum atomic E-state index is 0.319. The van der Waals surface area contributed by atoms with E-state index in [4.69, 9.17) is 10.2 Å². The first kappa shape index (κ1) is 22.7. The second-order valence-corrected chi connectivity index (χ2v) is 1.45. The Hall–Kier alpha value is -0.0800. The molecule has 0 unspecified atom stereocenters. The number of rotatable bonds is 2. The van der Waals surface area contributed by atoms with E-state index in [1.54, 1.807) is 0 Å². The average molecular weight is 180 g/mol. The summed E-state index contributed by atoms with van der Waals surface area (Å²) >= 11 is 0. The third kappa shape index (κ3) is 214. The SMILES string of the molecule is CC.CC.CCCO.CCCO. The van der Waals surface area contributed by atoms with Gasteiger partial charge in [0.15, 0.2) is 0 Å². The summed E-state index contributed by atoms with van der Waals surface area (Å²) < 4.78 is 0. The normalized spacial score (nSPS) is 6.00. The minimum Gasteiger partial charge on any atom is -0.396 e. The Morgan fingerprint density at radius 1 is 0.667 bits per heavy atom. The van der Waals surface area contributed by atoms with Crippen LogP contribution in [0, 0.1) is 0 Å². The Labute approximate surface area is 78.6 Å². The van der Waals surface area contributed by atoms with Crippen molar-refractivity contribution in [2.24, 2.45) is 0 Å². The van der Waals surface area contributed by atoms with Crippen molar-refractivity contribution in [2.45, 2.75) is 54.4 Å². The van der Waals surface area contributed by atoms with Crippen molar-refractivity contribution < 1.29 is 10.2 Å². The molecule has 0 bridgehead atoms. The maximum absolute atomic E-state index is 7.88. The molecule has 0 saturated carbocycles. The van der Waals surface area contributed by atoms with Crippen LogP contribution in [0.5, 0.6) is 0 Å². The Bertz CT molecular complexity index is 15.8. The van der Waals surface area contributed by atoms with Gasteiger partial charge in [-0.05, 0) is 12.8 Å². The topological polar surface area (TPSA) is 40.5 Å². The van der Waals surface area contributed by atoms with Gasteiger partial charge in [0.1, 0.15) is 0 Å². The molecule has 0 spiro atoms. The largest absolute Gasteiger partial charge is 0.396 e. The van der Waals surface area contributed by atoms with E-state index in [1.165, 1.54) is 0 Å². The van der Waals surface area contributed by atoms with Crippen LogP contribution in [-0.2, 0) is 0 Å². The fraction of sp³-hybridized carbons (Fsp3) is 1.00. The molecule has 12 heavy (non-hydrogen) atoms. The van der Waals surface area contributed by atoms with Gasteiger partial charge >= 0.3 is 0 Å². The van der Waals surface area contributed by atoms with Crippen molar-refractivity contribution >= 4 is 0 Å². The van der Waals surface area contributed by atoms with Crippen molar-refractivity contribution in [2.75, 3.05) is 13.2 Å². The Morgan fingerprint density at radius 2 is 0.750 bits per heavy atom. The minimum absolute atomic E-state index is 0.319. The fourth-order valence-electron chi connectivity index (χ4n) is 0. The Morgan fingerprint density at radius 3 is 0.750 bits per heavy atom. The van der Waals surface area contributed by atoms with E-state index in [9.17, 15) is 0 Å². The Balaban J connectivity index is -0.0000000380. The molecule has 0 saturated heterocycles. The molecular weight excluding hydrogens is 152 g/mol. The van der Waals surface area contributed by atoms with Gasteiger partial charge in [-0.3, -0.25) is 0 Å². The van der Waals surface area contributed by atoms with E-state index in [2.05, 4.69) is 0 Å². The molecular formula is C10H28O2. The molecule has 0 aromatic rings. The smallest absolute Gasteiger partial charge is 0.0428 e. The van der Waals surface area contributed by atoms with Crippen LogP contribution in [0.2, 0.25) is 0 Å². The third-order valence-electron chi connectivity index (χ3n) is 0.447. The molecule has 80 valence electrons. The lowest BCUT2D eigenvalue weighted by molar-refractivity contribution is 0.294. The molecule has 2 N–H and O–H groups in total. The van der Waals surface area contributed by atoms with Crippen LogP contribution in [-0.4, -0.2) is 23.4 Å². The summed E-state index contributed by atoms with van der Waals surface area (Å²) in [6.07, 6.45) is 1.75. The highest BCUT2D eigenvalue weighted by Crippen LogP contribution is 1.61. The number of aliphatic hydroxyl groups is 2. The molecule has 0 fully saturated rings. The summed E-state index contributed by atoms with van der Waals surface area (Å²) in [6.45, 7) is 12.5. The number of aliphatic hydroxyl groups excluding tert-OH is 2. The predicted octanol–water partition coefficient (Wildman–Crippen LogP) is 2.83. The van der Waals surface area contributed by atoms with Gasteiger partial charge in [-0.2, -0.15) is 0 Å². The van der Waals surface area contributed by atoms with Gasteiger partial charge in [0, 0.05) is 13.2 Å². The van der Waals surface area contributed by atoms with E-state index < -0.39 is 0 Å². The summed E-state index contributed by atoms with van der Waals surface area (Å²) in [6, 6.07) is 0. The van der Waals surface area contributed by atoms with Gasteiger partial charge in [-0.25, -0.2) is 0 Å². The standard InChI is InChI=1S/2C3H8O.2C2H6/c2*1-2-3-4;2*1-2/h2*4H,2-3H2,1H3;2*1-2H3. The highest BCUT2D eigenvalue weighted by molar-refractivity contribution is 4.10. The zero-order valence-corrected chi connectivity index (χ0v) is 9.72. The van der Waals surface area contributed by atoms with Crippen LogP contribution in [0.4, 0.5) is 0 Å². The van der Waals surface area contributed by atoms with E-state index in [-0.39, 0.29) is 0 Å². The Kier molecular flexibility index (Phi) is 132. The molecule has 2 nitrogen and oxygen atoms in total. The second-order valence-electron chi connectivity index (χ2n) is 1.45. The van der Waals surface area contributed by atoms with Crippen molar-refractivity contribution in [1.82, 2.24) is 0 Å². The van der Waals surface area contributed by atoms with Crippen LogP contribution in [0.3, 0.4) is 0 Å². The van der Waals surface area contributed by atoms with Gasteiger partial charge < -0.3 is 10.2 Å². The third-order valence-corrected chi connectivity index (χ3v) is 0.447. The first-order valence-electron chi connectivity index (χ1n) is 5.05. The fourth-order valence-corrected chi connectivity index (χ4v) is 0. The average Bonchev–Trinajstić information content (AvgIpc) is 2.23. The van der Waals surface area contributed by atoms with Crippen molar-refractivity contribution in [3.8, 4) is 0 Å². The quantitative estimate of drug-likeness (QED) is 0.686. The van der Waals surface area contributed by atoms with Gasteiger partial charge in [-0.15, -0.1) is 0 Å². The van der Waals surface area contributed by atoms with Crippen LogP contribution in [0.15, 0.2) is 0 Å². The van der Waals surface area contributed by atoms with Crippen LogP contribution in [0.1, 0.15) is 54.4 Å². The van der Waals surface area contributed by atoms with E-state index >= 15 is 0 Å². The molecule has 0 aromatic carbocycles. The molecule has 2 heteroatoms. The van der Waals surface area contributed by atoms with Crippen molar-refractivity contribution in [3.63, 3.8) is 0 Å². The molecule has 0 aliphatic heterocycles. The molecule has 0 rings (SSSR count). The zero-order chi connectivity index (χ0) is 10.8. The number of hydrogen-bond acceptors (Lipinski definition) is 2. The number of hydrogen-bond donors (Lipinski definition) is 2. The van der Waals surface area contributed by atoms with Gasteiger partial charge in [0.2, 0.25) is 0 Å².